The molecule has 0 radical (unpaired) electrons. The molecule has 0 aliphatic rings. The molecule has 1 atom stereocenters. The smallest absolute Gasteiger partial charge is 0.224 e. The van der Waals surface area contributed by atoms with Crippen molar-refractivity contribution in [2.24, 2.45) is 11.7 Å². The van der Waals surface area contributed by atoms with Crippen LogP contribution in [0.15, 0.2) is 30.7 Å². The molecule has 0 fully saturated rings. The highest BCUT2D eigenvalue weighted by atomic mass is 35.5. The summed E-state index contributed by atoms with van der Waals surface area (Å²) < 4.78 is 1.90. The van der Waals surface area contributed by atoms with Crippen LogP contribution in [0.2, 0.25) is 0 Å². The second-order valence-electron chi connectivity index (χ2n) is 4.72. The summed E-state index contributed by atoms with van der Waals surface area (Å²) in [5, 5.41) is 2.84. The number of nitrogens with zero attached hydrogens (tertiary/aromatic N) is 3. The Morgan fingerprint density at radius 3 is 2.59 bits per heavy atom. The number of carbonyl (C=O) groups excluding carboxylic acids is 1. The highest BCUT2D eigenvalue weighted by Crippen LogP contribution is 2.08. The van der Waals surface area contributed by atoms with Crippen LogP contribution in [0.3, 0.4) is 0 Å². The summed E-state index contributed by atoms with van der Waals surface area (Å²) in [6, 6.07) is 3.84. The maximum Gasteiger partial charge on any atom is 0.224 e. The Kier molecular flexibility index (Phi) is 8.70. The number of aryl methyl sites for hydroxylation is 1. The molecule has 0 aliphatic carbocycles. The molecule has 0 bridgehead atoms. The largest absolute Gasteiger partial charge is 0.352 e. The number of aromatic nitrogens is 3. The lowest BCUT2D eigenvalue weighted by molar-refractivity contribution is -0.124. The second kappa shape index (κ2) is 9.40. The first-order valence-corrected chi connectivity index (χ1v) is 6.55. The van der Waals surface area contributed by atoms with Crippen molar-refractivity contribution in [2.45, 2.75) is 20.4 Å². The Morgan fingerprint density at radius 2 is 2.09 bits per heavy atom. The number of hydrogen-bond acceptors (Lipinski definition) is 4. The molecule has 0 saturated heterocycles. The summed E-state index contributed by atoms with van der Waals surface area (Å²) in [6.07, 6.45) is 5.35. The monoisotopic (exact) mass is 345 g/mol. The molecule has 6 nitrogen and oxygen atoms in total. The summed E-state index contributed by atoms with van der Waals surface area (Å²) in [5.74, 6) is 1.48. The molecule has 22 heavy (non-hydrogen) atoms. The first-order chi connectivity index (χ1) is 9.61. The van der Waals surface area contributed by atoms with E-state index in [0.29, 0.717) is 13.1 Å². The van der Waals surface area contributed by atoms with Crippen molar-refractivity contribution in [1.29, 1.82) is 0 Å². The van der Waals surface area contributed by atoms with E-state index in [2.05, 4.69) is 15.3 Å². The summed E-state index contributed by atoms with van der Waals surface area (Å²) in [4.78, 5) is 20.2. The lowest BCUT2D eigenvalue weighted by Gasteiger charge is -2.10. The number of amides is 1. The van der Waals surface area contributed by atoms with Crippen LogP contribution in [0.4, 0.5) is 0 Å². The number of halogens is 2. The van der Waals surface area contributed by atoms with Crippen molar-refractivity contribution < 1.29 is 4.79 Å². The lowest BCUT2D eigenvalue weighted by Crippen LogP contribution is -2.32. The van der Waals surface area contributed by atoms with E-state index in [1.807, 2.05) is 29.8 Å². The van der Waals surface area contributed by atoms with Gasteiger partial charge in [-0.3, -0.25) is 9.36 Å². The van der Waals surface area contributed by atoms with Crippen LogP contribution >= 0.6 is 24.8 Å². The molecule has 0 saturated carbocycles. The Hall–Kier alpha value is -1.63. The number of pyridine rings is 1. The molecule has 2 aromatic rings. The topological polar surface area (TPSA) is 85.8 Å². The predicted molar refractivity (Wildman–Crippen MR) is 90.7 cm³/mol. The van der Waals surface area contributed by atoms with Crippen molar-refractivity contribution in [3.8, 4) is 5.82 Å². The minimum absolute atomic E-state index is 0. The minimum atomic E-state index is -0.171. The third kappa shape index (κ3) is 4.98. The molecule has 1 unspecified atom stereocenters. The SMILES string of the molecule is Cc1nccn1-c1ccc(CNC(=O)C(C)CN)cn1.Cl.Cl. The van der Waals surface area contributed by atoms with Gasteiger partial charge in [0.05, 0.1) is 0 Å². The number of nitrogens with one attached hydrogen (secondary N) is 1. The van der Waals surface area contributed by atoms with Gasteiger partial charge in [-0.05, 0) is 18.6 Å². The lowest BCUT2D eigenvalue weighted by atomic mass is 10.1. The first-order valence-electron chi connectivity index (χ1n) is 6.55. The normalized spacial score (nSPS) is 11.0. The van der Waals surface area contributed by atoms with Crippen LogP contribution < -0.4 is 11.1 Å². The zero-order valence-electron chi connectivity index (χ0n) is 12.5. The molecule has 122 valence electrons. The standard InChI is InChI=1S/C14H19N5O.2ClH/c1-10(7-15)14(20)18-9-12-3-4-13(17-8-12)19-6-5-16-11(19)2;;/h3-6,8,10H,7,9,15H2,1-2H3,(H,18,20);2*1H. The van der Waals surface area contributed by atoms with Gasteiger partial charge in [0.15, 0.2) is 0 Å². The Balaban J connectivity index is 0.00000220. The van der Waals surface area contributed by atoms with E-state index in [9.17, 15) is 4.79 Å². The molecule has 1 amide bonds. The van der Waals surface area contributed by atoms with Gasteiger partial charge in [0, 0.05) is 37.6 Å². The summed E-state index contributed by atoms with van der Waals surface area (Å²) >= 11 is 0. The van der Waals surface area contributed by atoms with Crippen molar-refractivity contribution in [3.05, 3.63) is 42.1 Å². The van der Waals surface area contributed by atoms with E-state index in [-0.39, 0.29) is 36.6 Å². The van der Waals surface area contributed by atoms with Crippen LogP contribution in [0.1, 0.15) is 18.3 Å². The van der Waals surface area contributed by atoms with Gasteiger partial charge in [0.2, 0.25) is 5.91 Å². The van der Waals surface area contributed by atoms with Gasteiger partial charge in [0.25, 0.3) is 0 Å². The summed E-state index contributed by atoms with van der Waals surface area (Å²) in [7, 11) is 0. The number of carbonyl (C=O) groups is 1. The predicted octanol–water partition coefficient (Wildman–Crippen LogP) is 1.63. The zero-order valence-corrected chi connectivity index (χ0v) is 14.2. The fraction of sp³-hybridized carbons (Fsp3) is 0.357. The number of hydrogen-bond donors (Lipinski definition) is 2. The maximum absolute atomic E-state index is 11.6. The fourth-order valence-electron chi connectivity index (χ4n) is 1.75. The molecule has 0 spiro atoms. The average molecular weight is 346 g/mol. The van der Waals surface area contributed by atoms with Crippen LogP contribution in [-0.4, -0.2) is 27.0 Å². The van der Waals surface area contributed by atoms with E-state index in [4.69, 9.17) is 5.73 Å². The first kappa shape index (κ1) is 20.4. The molecular formula is C14H21Cl2N5O. The van der Waals surface area contributed by atoms with Crippen LogP contribution in [0.5, 0.6) is 0 Å². The number of rotatable bonds is 5. The summed E-state index contributed by atoms with van der Waals surface area (Å²) in [6.45, 7) is 4.53. The second-order valence-corrected chi connectivity index (χ2v) is 4.72. The van der Waals surface area contributed by atoms with Crippen LogP contribution in [-0.2, 0) is 11.3 Å². The van der Waals surface area contributed by atoms with Gasteiger partial charge in [-0.2, -0.15) is 0 Å². The van der Waals surface area contributed by atoms with Crippen LogP contribution in [0, 0.1) is 12.8 Å². The Bertz CT molecular complexity index is 585. The Labute approximate surface area is 142 Å². The molecule has 2 rings (SSSR count). The van der Waals surface area contributed by atoms with Gasteiger partial charge in [-0.1, -0.05) is 13.0 Å². The highest BCUT2D eigenvalue weighted by Gasteiger charge is 2.10. The maximum atomic E-state index is 11.6. The van der Waals surface area contributed by atoms with Gasteiger partial charge in [-0.15, -0.1) is 24.8 Å². The van der Waals surface area contributed by atoms with E-state index in [1.54, 1.807) is 19.3 Å². The minimum Gasteiger partial charge on any atom is -0.352 e. The quantitative estimate of drug-likeness (QED) is 0.862. The number of imidazole rings is 1. The molecule has 2 heterocycles. The number of nitrogens with two attached hydrogens (primary N) is 1. The third-order valence-electron chi connectivity index (χ3n) is 3.15. The van der Waals surface area contributed by atoms with E-state index >= 15 is 0 Å². The molecular weight excluding hydrogens is 325 g/mol. The van der Waals surface area contributed by atoms with Gasteiger partial charge in [-0.25, -0.2) is 9.97 Å². The van der Waals surface area contributed by atoms with E-state index in [0.717, 1.165) is 17.2 Å². The average Bonchev–Trinajstić information content (AvgIpc) is 2.90. The van der Waals surface area contributed by atoms with Gasteiger partial charge >= 0.3 is 0 Å². The molecule has 0 aliphatic heterocycles. The Morgan fingerprint density at radius 1 is 1.36 bits per heavy atom. The van der Waals surface area contributed by atoms with E-state index in [1.165, 1.54) is 0 Å². The molecule has 3 N–H and O–H groups in total. The van der Waals surface area contributed by atoms with Crippen molar-refractivity contribution in [2.75, 3.05) is 6.54 Å². The summed E-state index contributed by atoms with van der Waals surface area (Å²) in [5.41, 5.74) is 6.40. The third-order valence-corrected chi connectivity index (χ3v) is 3.15. The fourth-order valence-corrected chi connectivity index (χ4v) is 1.75. The van der Waals surface area contributed by atoms with Crippen molar-refractivity contribution in [3.63, 3.8) is 0 Å². The van der Waals surface area contributed by atoms with Gasteiger partial charge in [0.1, 0.15) is 11.6 Å². The highest BCUT2D eigenvalue weighted by molar-refractivity contribution is 5.85. The molecule has 0 aromatic carbocycles. The van der Waals surface area contributed by atoms with Crippen molar-refractivity contribution in [1.82, 2.24) is 19.9 Å². The van der Waals surface area contributed by atoms with Crippen molar-refractivity contribution >= 4 is 30.7 Å². The molecule has 2 aromatic heterocycles. The molecule has 8 heteroatoms. The van der Waals surface area contributed by atoms with Gasteiger partial charge < -0.3 is 11.1 Å². The van der Waals surface area contributed by atoms with Crippen LogP contribution in [0.25, 0.3) is 5.82 Å². The van der Waals surface area contributed by atoms with E-state index < -0.39 is 0 Å². The zero-order chi connectivity index (χ0) is 14.5.